The highest BCUT2D eigenvalue weighted by molar-refractivity contribution is 6.97. The zero-order valence-electron chi connectivity index (χ0n) is 36.2. The summed E-state index contributed by atoms with van der Waals surface area (Å²) in [6, 6.07) is 76.8. The third-order valence-electron chi connectivity index (χ3n) is 14.1. The minimum absolute atomic E-state index is 0.0227. The standard InChI is InChI=1S/C61H46BN/c1-39-37-52(41-31-33-45(34-32-41)63(43-21-10-6-11-22-43)44-23-12-7-13-24-44)57-49-27-15-14-26-48(49)56-40(2)38-55(51-36-35-46(39)58(57)59(51)56)62(42-19-8-5-9-20-42)54-30-18-28-50-47-25-16-17-29-53(47)61(3,4)60(50)54/h5-38H,1-4H3. The van der Waals surface area contributed by atoms with Crippen LogP contribution in [0.3, 0.4) is 0 Å². The first kappa shape index (κ1) is 37.4. The van der Waals surface area contributed by atoms with E-state index in [9.17, 15) is 0 Å². The Morgan fingerprint density at radius 2 is 0.937 bits per heavy atom. The number of hydrogen-bond donors (Lipinski definition) is 0. The maximum atomic E-state index is 2.53. The Hall–Kier alpha value is -7.42. The Morgan fingerprint density at radius 3 is 1.63 bits per heavy atom. The van der Waals surface area contributed by atoms with Crippen LogP contribution in [0, 0.1) is 13.8 Å². The average molecular weight is 804 g/mol. The molecule has 0 aromatic heterocycles. The quantitative estimate of drug-likeness (QED) is 0.0881. The summed E-state index contributed by atoms with van der Waals surface area (Å²) in [5.74, 6) is 0. The lowest BCUT2D eigenvalue weighted by Gasteiger charge is -2.29. The molecule has 0 unspecified atom stereocenters. The molecule has 0 aliphatic heterocycles. The molecule has 0 N–H and O–H groups in total. The molecule has 0 heterocycles. The fraction of sp³-hybridized carbons (Fsp3) is 0.0820. The van der Waals surface area contributed by atoms with Crippen molar-refractivity contribution in [3.8, 4) is 22.3 Å². The molecule has 0 bridgehead atoms. The van der Waals surface area contributed by atoms with Gasteiger partial charge in [0.05, 0.1) is 0 Å². The fourth-order valence-electron chi connectivity index (χ4n) is 11.5. The zero-order valence-corrected chi connectivity index (χ0v) is 36.2. The van der Waals surface area contributed by atoms with Crippen LogP contribution in [0.5, 0.6) is 0 Å². The number of benzene rings is 11. The van der Waals surface area contributed by atoms with Gasteiger partial charge < -0.3 is 4.90 Å². The molecule has 1 aliphatic rings. The van der Waals surface area contributed by atoms with Gasteiger partial charge in [0.2, 0.25) is 6.71 Å². The molecule has 11 aromatic rings. The van der Waals surface area contributed by atoms with E-state index in [1.807, 2.05) is 0 Å². The number of hydrogen-bond acceptors (Lipinski definition) is 1. The van der Waals surface area contributed by atoms with Crippen LogP contribution in [0.15, 0.2) is 206 Å². The van der Waals surface area contributed by atoms with Gasteiger partial charge in [0, 0.05) is 22.5 Å². The highest BCUT2D eigenvalue weighted by Gasteiger charge is 2.40. The van der Waals surface area contributed by atoms with Gasteiger partial charge in [0.15, 0.2) is 0 Å². The Kier molecular flexibility index (Phi) is 8.50. The van der Waals surface area contributed by atoms with Gasteiger partial charge in [-0.25, -0.2) is 0 Å². The third kappa shape index (κ3) is 5.64. The van der Waals surface area contributed by atoms with Gasteiger partial charge in [-0.05, 0) is 138 Å². The molecular formula is C61H46BN. The van der Waals surface area contributed by atoms with Gasteiger partial charge >= 0.3 is 0 Å². The van der Waals surface area contributed by atoms with Crippen LogP contribution in [0.4, 0.5) is 17.1 Å². The second-order valence-electron chi connectivity index (χ2n) is 18.1. The van der Waals surface area contributed by atoms with Crippen LogP contribution in [-0.4, -0.2) is 6.71 Å². The van der Waals surface area contributed by atoms with Crippen LogP contribution in [-0.2, 0) is 5.41 Å². The van der Waals surface area contributed by atoms with E-state index < -0.39 is 0 Å². The van der Waals surface area contributed by atoms with Crippen molar-refractivity contribution >= 4 is 83.3 Å². The summed E-state index contributed by atoms with van der Waals surface area (Å²) in [4.78, 5) is 2.34. The third-order valence-corrected chi connectivity index (χ3v) is 14.1. The van der Waals surface area contributed by atoms with Crippen molar-refractivity contribution in [2.45, 2.75) is 33.1 Å². The molecule has 11 aromatic carbocycles. The van der Waals surface area contributed by atoms with Crippen molar-refractivity contribution in [3.63, 3.8) is 0 Å². The van der Waals surface area contributed by atoms with E-state index >= 15 is 0 Å². The lowest BCUT2D eigenvalue weighted by molar-refractivity contribution is 0.664. The van der Waals surface area contributed by atoms with Crippen molar-refractivity contribution in [2.24, 2.45) is 0 Å². The van der Waals surface area contributed by atoms with Crippen LogP contribution in [0.25, 0.3) is 65.3 Å². The zero-order chi connectivity index (χ0) is 42.4. The minimum atomic E-state index is -0.147. The molecule has 63 heavy (non-hydrogen) atoms. The van der Waals surface area contributed by atoms with Crippen molar-refractivity contribution in [1.29, 1.82) is 0 Å². The summed E-state index contributed by atoms with van der Waals surface area (Å²) < 4.78 is 0. The minimum Gasteiger partial charge on any atom is -0.311 e. The van der Waals surface area contributed by atoms with Crippen LogP contribution < -0.4 is 21.3 Å². The molecule has 0 fully saturated rings. The largest absolute Gasteiger partial charge is 0.311 e. The van der Waals surface area contributed by atoms with Gasteiger partial charge in [-0.3, -0.25) is 0 Å². The molecule has 12 rings (SSSR count). The van der Waals surface area contributed by atoms with E-state index in [4.69, 9.17) is 0 Å². The van der Waals surface area contributed by atoms with E-state index in [-0.39, 0.29) is 12.1 Å². The Balaban J connectivity index is 1.12. The van der Waals surface area contributed by atoms with Crippen molar-refractivity contribution in [3.05, 3.63) is 229 Å². The number of rotatable bonds is 7. The molecule has 1 nitrogen and oxygen atoms in total. The van der Waals surface area contributed by atoms with Crippen molar-refractivity contribution in [1.82, 2.24) is 0 Å². The Labute approximate surface area is 370 Å². The predicted molar refractivity (Wildman–Crippen MR) is 272 cm³/mol. The highest BCUT2D eigenvalue weighted by Crippen LogP contribution is 2.49. The number of para-hydroxylation sites is 2. The maximum Gasteiger partial charge on any atom is 0.242 e. The number of fused-ring (bicyclic) bond motifs is 6. The van der Waals surface area contributed by atoms with Crippen molar-refractivity contribution in [2.75, 3.05) is 4.90 Å². The van der Waals surface area contributed by atoms with E-state index in [0.29, 0.717) is 0 Å². The first-order valence-electron chi connectivity index (χ1n) is 22.3. The van der Waals surface area contributed by atoms with Crippen LogP contribution >= 0.6 is 0 Å². The predicted octanol–water partition coefficient (Wildman–Crippen LogP) is 14.3. The summed E-state index contributed by atoms with van der Waals surface area (Å²) in [5, 5.41) is 10.7. The first-order chi connectivity index (χ1) is 30.9. The monoisotopic (exact) mass is 803 g/mol. The first-order valence-corrected chi connectivity index (χ1v) is 22.3. The average Bonchev–Trinajstić information content (AvgIpc) is 3.57. The number of nitrogens with zero attached hydrogens (tertiary/aromatic N) is 1. The highest BCUT2D eigenvalue weighted by atomic mass is 15.1. The molecule has 0 amide bonds. The van der Waals surface area contributed by atoms with Gasteiger partial charge in [0.25, 0.3) is 0 Å². The topological polar surface area (TPSA) is 3.24 Å². The normalized spacial score (nSPS) is 12.9. The van der Waals surface area contributed by atoms with Crippen LogP contribution in [0.1, 0.15) is 36.1 Å². The second kappa shape index (κ2) is 14.3. The van der Waals surface area contributed by atoms with Gasteiger partial charge in [-0.15, -0.1) is 0 Å². The lowest BCUT2D eigenvalue weighted by Crippen LogP contribution is -2.54. The van der Waals surface area contributed by atoms with E-state index in [1.54, 1.807) is 0 Å². The van der Waals surface area contributed by atoms with E-state index in [0.717, 1.165) is 17.1 Å². The molecule has 0 saturated heterocycles. The summed E-state index contributed by atoms with van der Waals surface area (Å²) in [7, 11) is 0. The fourth-order valence-corrected chi connectivity index (χ4v) is 11.5. The Bertz CT molecular complexity index is 3500. The summed E-state index contributed by atoms with van der Waals surface area (Å²) >= 11 is 0. The Morgan fingerprint density at radius 1 is 0.381 bits per heavy atom. The maximum absolute atomic E-state index is 2.53. The van der Waals surface area contributed by atoms with Gasteiger partial charge in [-0.2, -0.15) is 0 Å². The lowest BCUT2D eigenvalue weighted by atomic mass is 9.34. The number of anilines is 3. The molecule has 0 saturated carbocycles. The molecular weight excluding hydrogens is 757 g/mol. The molecule has 2 heteroatoms. The van der Waals surface area contributed by atoms with Gasteiger partial charge in [-0.1, -0.05) is 200 Å². The second-order valence-corrected chi connectivity index (χ2v) is 18.1. The number of aryl methyl sites for hydroxylation is 2. The molecule has 0 atom stereocenters. The summed E-state index contributed by atoms with van der Waals surface area (Å²) in [5.41, 5.74) is 17.9. The molecule has 0 spiro atoms. The van der Waals surface area contributed by atoms with E-state index in [2.05, 4.69) is 239 Å². The van der Waals surface area contributed by atoms with Gasteiger partial charge in [0.1, 0.15) is 0 Å². The SMILES string of the molecule is Cc1cc(-c2ccc(N(c3ccccc3)c3ccccc3)cc2)c2c3ccccc3c3c(C)cc(B(c4ccccc4)c4cccc5c4C(C)(C)c4ccccc4-5)c4ccc1c2c43. The van der Waals surface area contributed by atoms with Crippen LogP contribution in [0.2, 0.25) is 0 Å². The summed E-state index contributed by atoms with van der Waals surface area (Å²) in [6.07, 6.45) is 0. The van der Waals surface area contributed by atoms with E-state index in [1.165, 1.54) is 104 Å². The molecule has 1 aliphatic carbocycles. The smallest absolute Gasteiger partial charge is 0.242 e. The molecule has 298 valence electrons. The van der Waals surface area contributed by atoms with Crippen molar-refractivity contribution < 1.29 is 0 Å². The summed E-state index contributed by atoms with van der Waals surface area (Å²) in [6.45, 7) is 9.50. The molecule has 0 radical (unpaired) electrons.